The van der Waals surface area contributed by atoms with Crippen LogP contribution in [-0.4, -0.2) is 11.7 Å². The Kier molecular flexibility index (Phi) is 2.67. The Hall–Kier alpha value is -2.03. The van der Waals surface area contributed by atoms with Crippen LogP contribution in [0, 0.1) is 5.82 Å². The fourth-order valence-electron chi connectivity index (χ4n) is 2.43. The minimum atomic E-state index is -0.210. The van der Waals surface area contributed by atoms with Gasteiger partial charge in [0.25, 0.3) is 0 Å². The van der Waals surface area contributed by atoms with Crippen LogP contribution in [0.1, 0.15) is 11.1 Å². The Morgan fingerprint density at radius 1 is 1.17 bits per heavy atom. The average molecular weight is 243 g/mol. The largest absolute Gasteiger partial charge is 0.508 e. The first-order valence-electron chi connectivity index (χ1n) is 6.04. The zero-order chi connectivity index (χ0) is 12.5. The van der Waals surface area contributed by atoms with Gasteiger partial charge in [0.2, 0.25) is 0 Å². The van der Waals surface area contributed by atoms with Crippen molar-refractivity contribution < 1.29 is 9.50 Å². The van der Waals surface area contributed by atoms with Gasteiger partial charge in [0, 0.05) is 24.3 Å². The Morgan fingerprint density at radius 3 is 2.83 bits per heavy atom. The van der Waals surface area contributed by atoms with Crippen LogP contribution in [0.25, 0.3) is 0 Å². The summed E-state index contributed by atoms with van der Waals surface area (Å²) in [5, 5.41) is 9.77. The van der Waals surface area contributed by atoms with Gasteiger partial charge in [-0.2, -0.15) is 0 Å². The van der Waals surface area contributed by atoms with E-state index in [9.17, 15) is 9.50 Å². The number of halogens is 1. The lowest BCUT2D eigenvalue weighted by Crippen LogP contribution is -2.19. The van der Waals surface area contributed by atoms with Crippen molar-refractivity contribution in [2.24, 2.45) is 0 Å². The summed E-state index contributed by atoms with van der Waals surface area (Å²) in [6, 6.07) is 12.2. The number of hydrogen-bond donors (Lipinski definition) is 1. The lowest BCUT2D eigenvalue weighted by molar-refractivity contribution is 0.467. The fraction of sp³-hybridized carbons (Fsp3) is 0.200. The van der Waals surface area contributed by atoms with Crippen molar-refractivity contribution in [1.29, 1.82) is 0 Å². The average Bonchev–Trinajstić information content (AvgIpc) is 2.75. The number of para-hydroxylation sites is 1. The molecule has 0 fully saturated rings. The van der Waals surface area contributed by atoms with Gasteiger partial charge in [0.1, 0.15) is 11.6 Å². The Balaban J connectivity index is 1.89. The van der Waals surface area contributed by atoms with Crippen molar-refractivity contribution in [3.8, 4) is 5.75 Å². The first-order valence-corrected chi connectivity index (χ1v) is 6.04. The molecule has 1 N–H and O–H groups in total. The number of hydrogen-bond acceptors (Lipinski definition) is 2. The highest BCUT2D eigenvalue weighted by Gasteiger charge is 2.20. The molecule has 0 saturated carbocycles. The van der Waals surface area contributed by atoms with Crippen molar-refractivity contribution in [3.63, 3.8) is 0 Å². The number of anilines is 1. The second-order valence-corrected chi connectivity index (χ2v) is 4.57. The predicted octanol–water partition coefficient (Wildman–Crippen LogP) is 3.09. The Morgan fingerprint density at radius 2 is 2.00 bits per heavy atom. The lowest BCUT2D eigenvalue weighted by Gasteiger charge is -2.20. The normalized spacial score (nSPS) is 13.7. The molecule has 1 aliphatic heterocycles. The molecule has 18 heavy (non-hydrogen) atoms. The molecule has 92 valence electrons. The number of aromatic hydroxyl groups is 1. The maximum absolute atomic E-state index is 13.3. The van der Waals surface area contributed by atoms with Gasteiger partial charge >= 0.3 is 0 Å². The van der Waals surface area contributed by atoms with E-state index in [1.54, 1.807) is 18.2 Å². The second kappa shape index (κ2) is 4.33. The summed E-state index contributed by atoms with van der Waals surface area (Å²) in [6.07, 6.45) is 0.934. The molecule has 2 aromatic rings. The molecule has 1 aliphatic rings. The topological polar surface area (TPSA) is 23.5 Å². The van der Waals surface area contributed by atoms with Crippen LogP contribution in [0.2, 0.25) is 0 Å². The minimum absolute atomic E-state index is 0.210. The van der Waals surface area contributed by atoms with Gasteiger partial charge in [-0.1, -0.05) is 24.3 Å². The molecular formula is C15H14FNO. The van der Waals surface area contributed by atoms with Gasteiger partial charge in [0.15, 0.2) is 0 Å². The molecule has 0 amide bonds. The second-order valence-electron chi connectivity index (χ2n) is 4.57. The number of fused-ring (bicyclic) bond motifs is 1. The standard InChI is InChI=1S/C15H14FNO/c16-13-6-5-11-7-8-17(14(11)9-13)10-12-3-1-2-4-15(12)18/h1-6,9,18H,7-8,10H2. The number of phenolic OH excluding ortho intramolecular Hbond substituents is 1. The summed E-state index contributed by atoms with van der Waals surface area (Å²) in [4.78, 5) is 2.10. The van der Waals surface area contributed by atoms with Crippen LogP contribution >= 0.6 is 0 Å². The molecule has 0 saturated heterocycles. The summed E-state index contributed by atoms with van der Waals surface area (Å²) < 4.78 is 13.3. The molecule has 0 radical (unpaired) electrons. The first kappa shape index (κ1) is 11.1. The van der Waals surface area contributed by atoms with E-state index < -0.39 is 0 Å². The van der Waals surface area contributed by atoms with Crippen LogP contribution < -0.4 is 4.90 Å². The fourth-order valence-corrected chi connectivity index (χ4v) is 2.43. The van der Waals surface area contributed by atoms with E-state index in [2.05, 4.69) is 4.90 Å². The van der Waals surface area contributed by atoms with E-state index in [4.69, 9.17) is 0 Å². The van der Waals surface area contributed by atoms with Crippen LogP contribution in [0.5, 0.6) is 5.75 Å². The predicted molar refractivity (Wildman–Crippen MR) is 69.3 cm³/mol. The van der Waals surface area contributed by atoms with E-state index in [1.165, 1.54) is 11.6 Å². The Labute approximate surface area is 105 Å². The van der Waals surface area contributed by atoms with E-state index in [1.807, 2.05) is 18.2 Å². The summed E-state index contributed by atoms with van der Waals surface area (Å²) >= 11 is 0. The van der Waals surface area contributed by atoms with Crippen LogP contribution in [0.4, 0.5) is 10.1 Å². The number of phenols is 1. The third kappa shape index (κ3) is 1.92. The van der Waals surface area contributed by atoms with E-state index >= 15 is 0 Å². The maximum atomic E-state index is 13.3. The third-order valence-corrected chi connectivity index (χ3v) is 3.39. The summed E-state index contributed by atoms with van der Waals surface area (Å²) in [7, 11) is 0. The monoisotopic (exact) mass is 243 g/mol. The van der Waals surface area contributed by atoms with Crippen LogP contribution in [-0.2, 0) is 13.0 Å². The van der Waals surface area contributed by atoms with E-state index in [0.717, 1.165) is 24.2 Å². The zero-order valence-electron chi connectivity index (χ0n) is 9.94. The van der Waals surface area contributed by atoms with Crippen molar-refractivity contribution in [1.82, 2.24) is 0 Å². The zero-order valence-corrected chi connectivity index (χ0v) is 9.94. The van der Waals surface area contributed by atoms with Crippen molar-refractivity contribution >= 4 is 5.69 Å². The van der Waals surface area contributed by atoms with Crippen molar-refractivity contribution in [3.05, 3.63) is 59.4 Å². The number of rotatable bonds is 2. The summed E-state index contributed by atoms with van der Waals surface area (Å²) in [5.74, 6) is 0.0836. The molecule has 0 unspecified atom stereocenters. The van der Waals surface area contributed by atoms with Gasteiger partial charge in [-0.05, 0) is 30.2 Å². The molecule has 2 aromatic carbocycles. The third-order valence-electron chi connectivity index (χ3n) is 3.39. The smallest absolute Gasteiger partial charge is 0.125 e. The molecule has 0 aromatic heterocycles. The van der Waals surface area contributed by atoms with Crippen molar-refractivity contribution in [2.45, 2.75) is 13.0 Å². The lowest BCUT2D eigenvalue weighted by atomic mass is 10.1. The van der Waals surface area contributed by atoms with Gasteiger partial charge in [-0.25, -0.2) is 4.39 Å². The molecule has 0 atom stereocenters. The molecule has 1 heterocycles. The summed E-state index contributed by atoms with van der Waals surface area (Å²) in [5.41, 5.74) is 2.99. The van der Waals surface area contributed by atoms with E-state index in [-0.39, 0.29) is 5.82 Å². The number of nitrogens with zero attached hydrogens (tertiary/aromatic N) is 1. The van der Waals surface area contributed by atoms with E-state index in [0.29, 0.717) is 12.3 Å². The maximum Gasteiger partial charge on any atom is 0.125 e. The molecule has 3 heteroatoms. The molecule has 0 aliphatic carbocycles. The molecule has 3 rings (SSSR count). The molecule has 2 nitrogen and oxygen atoms in total. The summed E-state index contributed by atoms with van der Waals surface area (Å²) in [6.45, 7) is 1.48. The van der Waals surface area contributed by atoms with Gasteiger partial charge in [-0.15, -0.1) is 0 Å². The highest BCUT2D eigenvalue weighted by Crippen LogP contribution is 2.31. The quantitative estimate of drug-likeness (QED) is 0.876. The highest BCUT2D eigenvalue weighted by atomic mass is 19.1. The highest BCUT2D eigenvalue weighted by molar-refractivity contribution is 5.58. The number of benzene rings is 2. The molecule has 0 bridgehead atoms. The van der Waals surface area contributed by atoms with Crippen molar-refractivity contribution in [2.75, 3.05) is 11.4 Å². The SMILES string of the molecule is Oc1ccccc1CN1CCc2ccc(F)cc21. The van der Waals surface area contributed by atoms with Crippen LogP contribution in [0.15, 0.2) is 42.5 Å². The minimum Gasteiger partial charge on any atom is -0.508 e. The van der Waals surface area contributed by atoms with Gasteiger partial charge in [0.05, 0.1) is 0 Å². The van der Waals surface area contributed by atoms with Gasteiger partial charge in [-0.3, -0.25) is 0 Å². The van der Waals surface area contributed by atoms with Gasteiger partial charge < -0.3 is 10.0 Å². The molecule has 0 spiro atoms. The first-order chi connectivity index (χ1) is 8.74. The molecular weight excluding hydrogens is 229 g/mol. The Bertz CT molecular complexity index is 582. The van der Waals surface area contributed by atoms with Crippen LogP contribution in [0.3, 0.4) is 0 Å².